The normalized spacial score (nSPS) is 10.8. The summed E-state index contributed by atoms with van der Waals surface area (Å²) in [5, 5.41) is 10.4. The first kappa shape index (κ1) is 13.3. The highest BCUT2D eigenvalue weighted by molar-refractivity contribution is 5.80. The first-order valence-corrected chi connectivity index (χ1v) is 6.59. The summed E-state index contributed by atoms with van der Waals surface area (Å²) in [5.41, 5.74) is 1.04. The molecule has 0 saturated carbocycles. The Hall–Kier alpha value is -2.70. The molecule has 0 atom stereocenters. The number of aromatic nitrogens is 4. The SMILES string of the molecule is CCNc1nc(OCc2ccccc2F)c2cn[nH]c2n1. The van der Waals surface area contributed by atoms with Crippen LogP contribution in [0.4, 0.5) is 10.3 Å². The van der Waals surface area contributed by atoms with Gasteiger partial charge in [-0.3, -0.25) is 5.10 Å². The van der Waals surface area contributed by atoms with E-state index in [0.29, 0.717) is 35.0 Å². The van der Waals surface area contributed by atoms with Gasteiger partial charge in [0.2, 0.25) is 11.8 Å². The van der Waals surface area contributed by atoms with Crippen molar-refractivity contribution in [3.63, 3.8) is 0 Å². The van der Waals surface area contributed by atoms with E-state index in [-0.39, 0.29) is 12.4 Å². The lowest BCUT2D eigenvalue weighted by Crippen LogP contribution is -2.05. The number of ether oxygens (including phenoxy) is 1. The van der Waals surface area contributed by atoms with E-state index in [9.17, 15) is 4.39 Å². The molecular weight excluding hydrogens is 273 g/mol. The van der Waals surface area contributed by atoms with Crippen molar-refractivity contribution in [3.05, 3.63) is 41.8 Å². The van der Waals surface area contributed by atoms with E-state index in [1.54, 1.807) is 24.4 Å². The van der Waals surface area contributed by atoms with Crippen molar-refractivity contribution in [1.82, 2.24) is 20.2 Å². The van der Waals surface area contributed by atoms with Crippen LogP contribution in [0.5, 0.6) is 5.88 Å². The number of fused-ring (bicyclic) bond motifs is 1. The van der Waals surface area contributed by atoms with Crippen molar-refractivity contribution in [3.8, 4) is 5.88 Å². The fourth-order valence-electron chi connectivity index (χ4n) is 1.92. The zero-order valence-electron chi connectivity index (χ0n) is 11.4. The minimum atomic E-state index is -0.304. The number of benzene rings is 1. The van der Waals surface area contributed by atoms with Crippen LogP contribution >= 0.6 is 0 Å². The number of halogens is 1. The number of nitrogens with zero attached hydrogens (tertiary/aromatic N) is 3. The summed E-state index contributed by atoms with van der Waals surface area (Å²) < 4.78 is 19.2. The molecule has 0 spiro atoms. The number of aromatic amines is 1. The average molecular weight is 287 g/mol. The molecule has 0 aliphatic heterocycles. The second-order valence-electron chi connectivity index (χ2n) is 4.40. The van der Waals surface area contributed by atoms with Crippen LogP contribution in [0, 0.1) is 5.82 Å². The maximum absolute atomic E-state index is 13.6. The van der Waals surface area contributed by atoms with Crippen molar-refractivity contribution >= 4 is 17.0 Å². The highest BCUT2D eigenvalue weighted by atomic mass is 19.1. The quantitative estimate of drug-likeness (QED) is 0.754. The second kappa shape index (κ2) is 5.74. The highest BCUT2D eigenvalue weighted by Gasteiger charge is 2.11. The molecule has 0 saturated heterocycles. The van der Waals surface area contributed by atoms with E-state index in [4.69, 9.17) is 4.74 Å². The molecule has 3 rings (SSSR count). The topological polar surface area (TPSA) is 75.7 Å². The molecule has 2 heterocycles. The predicted octanol–water partition coefficient (Wildman–Crippen LogP) is 2.50. The van der Waals surface area contributed by atoms with Crippen molar-refractivity contribution < 1.29 is 9.13 Å². The summed E-state index contributed by atoms with van der Waals surface area (Å²) in [6.07, 6.45) is 1.59. The third-order valence-corrected chi connectivity index (χ3v) is 2.93. The Morgan fingerprint density at radius 3 is 2.95 bits per heavy atom. The summed E-state index contributed by atoms with van der Waals surface area (Å²) >= 11 is 0. The van der Waals surface area contributed by atoms with Gasteiger partial charge in [-0.15, -0.1) is 0 Å². The van der Waals surface area contributed by atoms with Crippen LogP contribution in [0.1, 0.15) is 12.5 Å². The van der Waals surface area contributed by atoms with E-state index in [1.807, 2.05) is 6.92 Å². The van der Waals surface area contributed by atoms with Crippen LogP contribution < -0.4 is 10.1 Å². The average Bonchev–Trinajstić information content (AvgIpc) is 2.95. The summed E-state index contributed by atoms with van der Waals surface area (Å²) in [4.78, 5) is 8.54. The molecule has 0 aliphatic rings. The van der Waals surface area contributed by atoms with E-state index in [2.05, 4.69) is 25.5 Å². The van der Waals surface area contributed by atoms with Crippen molar-refractivity contribution in [2.75, 3.05) is 11.9 Å². The highest BCUT2D eigenvalue weighted by Crippen LogP contribution is 2.23. The zero-order chi connectivity index (χ0) is 14.7. The lowest BCUT2D eigenvalue weighted by atomic mass is 10.2. The molecule has 108 valence electrons. The van der Waals surface area contributed by atoms with Gasteiger partial charge < -0.3 is 10.1 Å². The molecule has 2 aromatic heterocycles. The van der Waals surface area contributed by atoms with E-state index in [1.165, 1.54) is 6.07 Å². The Labute approximate surface area is 120 Å². The summed E-state index contributed by atoms with van der Waals surface area (Å²) in [6.45, 7) is 2.72. The maximum Gasteiger partial charge on any atom is 0.229 e. The predicted molar refractivity (Wildman–Crippen MR) is 76.6 cm³/mol. The second-order valence-corrected chi connectivity index (χ2v) is 4.40. The fraction of sp³-hybridized carbons (Fsp3) is 0.214. The molecule has 0 fully saturated rings. The standard InChI is InChI=1S/C14H14FN5O/c1-2-16-14-18-12-10(7-17-20-12)13(19-14)21-8-9-5-3-4-6-11(9)15/h3-7H,2,8H2,1H3,(H2,16,17,18,19,20). The Morgan fingerprint density at radius 2 is 2.14 bits per heavy atom. The molecule has 1 aromatic carbocycles. The van der Waals surface area contributed by atoms with E-state index >= 15 is 0 Å². The van der Waals surface area contributed by atoms with Gasteiger partial charge in [-0.25, -0.2) is 4.39 Å². The molecule has 21 heavy (non-hydrogen) atoms. The van der Waals surface area contributed by atoms with Crippen molar-refractivity contribution in [2.24, 2.45) is 0 Å². The number of hydrogen-bond acceptors (Lipinski definition) is 5. The van der Waals surface area contributed by atoms with E-state index in [0.717, 1.165) is 0 Å². The molecule has 0 amide bonds. The van der Waals surface area contributed by atoms with Gasteiger partial charge >= 0.3 is 0 Å². The molecule has 2 N–H and O–H groups in total. The number of rotatable bonds is 5. The molecular formula is C14H14FN5O. The van der Waals surface area contributed by atoms with Crippen LogP contribution in [0.3, 0.4) is 0 Å². The van der Waals surface area contributed by atoms with Gasteiger partial charge in [0.05, 0.1) is 6.20 Å². The van der Waals surface area contributed by atoms with Gasteiger partial charge in [-0.1, -0.05) is 18.2 Å². The van der Waals surface area contributed by atoms with Crippen LogP contribution in [0.25, 0.3) is 11.0 Å². The fourth-order valence-corrected chi connectivity index (χ4v) is 1.92. The maximum atomic E-state index is 13.6. The van der Waals surface area contributed by atoms with Crippen LogP contribution in [-0.4, -0.2) is 26.7 Å². The Balaban J connectivity index is 1.89. The van der Waals surface area contributed by atoms with Crippen LogP contribution in [-0.2, 0) is 6.61 Å². The van der Waals surface area contributed by atoms with Crippen LogP contribution in [0.2, 0.25) is 0 Å². The van der Waals surface area contributed by atoms with Gasteiger partial charge in [-0.05, 0) is 13.0 Å². The number of H-pyrrole nitrogens is 1. The lowest BCUT2D eigenvalue weighted by Gasteiger charge is -2.09. The first-order chi connectivity index (χ1) is 10.3. The molecule has 0 bridgehead atoms. The largest absolute Gasteiger partial charge is 0.472 e. The van der Waals surface area contributed by atoms with Crippen LogP contribution in [0.15, 0.2) is 30.5 Å². The van der Waals surface area contributed by atoms with Crippen molar-refractivity contribution in [2.45, 2.75) is 13.5 Å². The minimum Gasteiger partial charge on any atom is -0.472 e. The molecule has 0 radical (unpaired) electrons. The monoisotopic (exact) mass is 287 g/mol. The smallest absolute Gasteiger partial charge is 0.229 e. The number of hydrogen-bond donors (Lipinski definition) is 2. The molecule has 0 unspecified atom stereocenters. The lowest BCUT2D eigenvalue weighted by molar-refractivity contribution is 0.292. The van der Waals surface area contributed by atoms with Gasteiger partial charge in [0, 0.05) is 12.1 Å². The number of nitrogens with one attached hydrogen (secondary N) is 2. The Bertz CT molecular complexity index is 758. The third-order valence-electron chi connectivity index (χ3n) is 2.93. The summed E-state index contributed by atoms with van der Waals surface area (Å²) in [5.74, 6) is 0.507. The first-order valence-electron chi connectivity index (χ1n) is 6.59. The molecule has 3 aromatic rings. The summed E-state index contributed by atoms with van der Waals surface area (Å²) in [6, 6.07) is 6.48. The number of anilines is 1. The molecule has 7 heteroatoms. The Morgan fingerprint density at radius 1 is 1.29 bits per heavy atom. The minimum absolute atomic E-state index is 0.0928. The van der Waals surface area contributed by atoms with Crippen molar-refractivity contribution in [1.29, 1.82) is 0 Å². The van der Waals surface area contributed by atoms with Gasteiger partial charge in [0.15, 0.2) is 5.65 Å². The van der Waals surface area contributed by atoms with Gasteiger partial charge in [0.1, 0.15) is 17.8 Å². The molecule has 6 nitrogen and oxygen atoms in total. The van der Waals surface area contributed by atoms with Gasteiger partial charge in [-0.2, -0.15) is 15.1 Å². The molecule has 0 aliphatic carbocycles. The third kappa shape index (κ3) is 2.76. The van der Waals surface area contributed by atoms with Gasteiger partial charge in [0.25, 0.3) is 0 Å². The van der Waals surface area contributed by atoms with E-state index < -0.39 is 0 Å². The summed E-state index contributed by atoms with van der Waals surface area (Å²) in [7, 11) is 0. The Kier molecular flexibility index (Phi) is 3.63. The zero-order valence-corrected chi connectivity index (χ0v) is 11.4.